The molecular weight excluding hydrogens is 360 g/mol. The van der Waals surface area contributed by atoms with E-state index in [2.05, 4.69) is 43.0 Å². The summed E-state index contributed by atoms with van der Waals surface area (Å²) in [5.41, 5.74) is 5.71. The first-order valence-electron chi connectivity index (χ1n) is 9.82. The maximum Gasteiger partial charge on any atom is 0.155 e. The molecule has 1 N–H and O–H groups in total. The number of aromatic amines is 1. The van der Waals surface area contributed by atoms with Gasteiger partial charge in [-0.2, -0.15) is 5.26 Å². The molecule has 1 aliphatic heterocycles. The van der Waals surface area contributed by atoms with Gasteiger partial charge in [0, 0.05) is 36.6 Å². The molecule has 1 fully saturated rings. The average molecular weight is 380 g/mol. The van der Waals surface area contributed by atoms with Gasteiger partial charge >= 0.3 is 0 Å². The van der Waals surface area contributed by atoms with Crippen LogP contribution >= 0.6 is 0 Å². The van der Waals surface area contributed by atoms with Crippen molar-refractivity contribution in [3.8, 4) is 17.3 Å². The number of imidazole rings is 1. The Hall–Kier alpha value is -3.72. The summed E-state index contributed by atoms with van der Waals surface area (Å²) in [7, 11) is 0. The number of piperidine rings is 1. The van der Waals surface area contributed by atoms with E-state index in [0.717, 1.165) is 65.2 Å². The van der Waals surface area contributed by atoms with Gasteiger partial charge in [0.2, 0.25) is 0 Å². The van der Waals surface area contributed by atoms with Crippen molar-refractivity contribution in [2.75, 3.05) is 18.0 Å². The standard InChI is InChI=1S/C23H20N6/c24-14-18-6-7-19-22(28-15-27-19)20(18)16-8-12-29(13-9-16)23-21(25-10-11-26-23)17-4-2-1-3-5-17/h1-7,10-11,15-16H,8-9,12-13H2,(H,27,28). The summed E-state index contributed by atoms with van der Waals surface area (Å²) in [6.07, 6.45) is 7.11. The number of H-pyrrole nitrogens is 1. The minimum Gasteiger partial charge on any atom is -0.355 e. The van der Waals surface area contributed by atoms with Gasteiger partial charge in [-0.05, 0) is 30.9 Å². The van der Waals surface area contributed by atoms with E-state index in [1.165, 1.54) is 0 Å². The second-order valence-electron chi connectivity index (χ2n) is 7.29. The zero-order valence-corrected chi connectivity index (χ0v) is 15.9. The maximum atomic E-state index is 9.62. The number of anilines is 1. The first kappa shape index (κ1) is 17.4. The third kappa shape index (κ3) is 3.11. The molecule has 6 heteroatoms. The average Bonchev–Trinajstić information content (AvgIpc) is 3.28. The highest BCUT2D eigenvalue weighted by Crippen LogP contribution is 2.37. The normalized spacial score (nSPS) is 14.8. The second-order valence-corrected chi connectivity index (χ2v) is 7.29. The van der Waals surface area contributed by atoms with Gasteiger partial charge in [-0.25, -0.2) is 9.97 Å². The van der Waals surface area contributed by atoms with Gasteiger partial charge in [-0.1, -0.05) is 30.3 Å². The minimum atomic E-state index is 0.310. The van der Waals surface area contributed by atoms with Gasteiger partial charge in [-0.15, -0.1) is 0 Å². The molecule has 1 saturated heterocycles. The van der Waals surface area contributed by atoms with Crippen molar-refractivity contribution in [3.05, 3.63) is 72.3 Å². The summed E-state index contributed by atoms with van der Waals surface area (Å²) in [5.74, 6) is 1.24. The van der Waals surface area contributed by atoms with E-state index in [1.807, 2.05) is 30.3 Å². The van der Waals surface area contributed by atoms with Crippen LogP contribution in [-0.2, 0) is 0 Å². The van der Waals surface area contributed by atoms with Crippen LogP contribution in [0, 0.1) is 11.3 Å². The Labute approximate surface area is 168 Å². The molecule has 4 aromatic rings. The molecule has 3 heterocycles. The van der Waals surface area contributed by atoms with Crippen LogP contribution in [0.3, 0.4) is 0 Å². The van der Waals surface area contributed by atoms with E-state index in [9.17, 15) is 5.26 Å². The first-order valence-corrected chi connectivity index (χ1v) is 9.82. The van der Waals surface area contributed by atoms with Crippen LogP contribution < -0.4 is 4.90 Å². The van der Waals surface area contributed by atoms with E-state index in [4.69, 9.17) is 0 Å². The van der Waals surface area contributed by atoms with E-state index in [1.54, 1.807) is 18.7 Å². The topological polar surface area (TPSA) is 81.5 Å². The Balaban J connectivity index is 1.43. The van der Waals surface area contributed by atoms with E-state index in [0.29, 0.717) is 5.92 Å². The number of nitrogens with zero attached hydrogens (tertiary/aromatic N) is 5. The molecule has 0 amide bonds. The van der Waals surface area contributed by atoms with Crippen LogP contribution in [0.1, 0.15) is 29.9 Å². The fraction of sp³-hybridized carbons (Fsp3) is 0.217. The van der Waals surface area contributed by atoms with Crippen LogP contribution in [0.2, 0.25) is 0 Å². The van der Waals surface area contributed by atoms with Crippen molar-refractivity contribution in [2.24, 2.45) is 0 Å². The van der Waals surface area contributed by atoms with Gasteiger partial charge in [-0.3, -0.25) is 4.98 Å². The van der Waals surface area contributed by atoms with Crippen LogP contribution in [-0.4, -0.2) is 33.0 Å². The molecule has 29 heavy (non-hydrogen) atoms. The molecule has 6 nitrogen and oxygen atoms in total. The third-order valence-electron chi connectivity index (χ3n) is 5.68. The Bertz CT molecular complexity index is 1180. The van der Waals surface area contributed by atoms with Crippen molar-refractivity contribution < 1.29 is 0 Å². The summed E-state index contributed by atoms with van der Waals surface area (Å²) in [6, 6.07) is 16.4. The van der Waals surface area contributed by atoms with Crippen LogP contribution in [0.4, 0.5) is 5.82 Å². The SMILES string of the molecule is N#Cc1ccc2[nH]cnc2c1C1CCN(c2nccnc2-c2ccccc2)CC1. The number of rotatable bonds is 3. The summed E-state index contributed by atoms with van der Waals surface area (Å²) in [6.45, 7) is 1.74. The van der Waals surface area contributed by atoms with E-state index >= 15 is 0 Å². The summed E-state index contributed by atoms with van der Waals surface area (Å²) < 4.78 is 0. The molecule has 0 atom stereocenters. The lowest BCUT2D eigenvalue weighted by Gasteiger charge is -2.34. The molecule has 0 spiro atoms. The Morgan fingerprint density at radius 3 is 2.55 bits per heavy atom. The lowest BCUT2D eigenvalue weighted by atomic mass is 9.85. The predicted molar refractivity (Wildman–Crippen MR) is 112 cm³/mol. The number of nitrogens with one attached hydrogen (secondary N) is 1. The molecule has 0 saturated carbocycles. The number of aromatic nitrogens is 4. The quantitative estimate of drug-likeness (QED) is 0.574. The molecule has 0 aliphatic carbocycles. The van der Waals surface area contributed by atoms with Crippen molar-refractivity contribution >= 4 is 16.9 Å². The van der Waals surface area contributed by atoms with E-state index < -0.39 is 0 Å². The number of hydrogen-bond acceptors (Lipinski definition) is 5. The van der Waals surface area contributed by atoms with Gasteiger partial charge < -0.3 is 9.88 Å². The monoisotopic (exact) mass is 380 g/mol. The highest BCUT2D eigenvalue weighted by Gasteiger charge is 2.27. The molecule has 142 valence electrons. The Morgan fingerprint density at radius 1 is 0.966 bits per heavy atom. The molecule has 2 aromatic heterocycles. The summed E-state index contributed by atoms with van der Waals surface area (Å²) >= 11 is 0. The molecule has 0 radical (unpaired) electrons. The Morgan fingerprint density at radius 2 is 1.76 bits per heavy atom. The maximum absolute atomic E-state index is 9.62. The zero-order chi connectivity index (χ0) is 19.6. The largest absolute Gasteiger partial charge is 0.355 e. The lowest BCUT2D eigenvalue weighted by Crippen LogP contribution is -2.34. The predicted octanol–water partition coefficient (Wildman–Crippen LogP) is 4.28. The zero-order valence-electron chi connectivity index (χ0n) is 15.9. The molecule has 0 unspecified atom stereocenters. The fourth-order valence-corrected chi connectivity index (χ4v) is 4.28. The van der Waals surface area contributed by atoms with Crippen LogP contribution in [0.5, 0.6) is 0 Å². The second kappa shape index (κ2) is 7.36. The fourth-order valence-electron chi connectivity index (χ4n) is 4.28. The van der Waals surface area contributed by atoms with Gasteiger partial charge in [0.15, 0.2) is 5.82 Å². The molecule has 2 aromatic carbocycles. The van der Waals surface area contributed by atoms with Crippen molar-refractivity contribution in [1.82, 2.24) is 19.9 Å². The van der Waals surface area contributed by atoms with Gasteiger partial charge in [0.1, 0.15) is 5.69 Å². The highest BCUT2D eigenvalue weighted by atomic mass is 15.2. The molecule has 5 rings (SSSR count). The number of hydrogen-bond donors (Lipinski definition) is 1. The van der Waals surface area contributed by atoms with Crippen molar-refractivity contribution in [2.45, 2.75) is 18.8 Å². The number of nitriles is 1. The first-order chi connectivity index (χ1) is 14.3. The van der Waals surface area contributed by atoms with Gasteiger partial charge in [0.25, 0.3) is 0 Å². The van der Waals surface area contributed by atoms with Crippen molar-refractivity contribution in [3.63, 3.8) is 0 Å². The molecular formula is C23H20N6. The van der Waals surface area contributed by atoms with Crippen molar-refractivity contribution in [1.29, 1.82) is 5.26 Å². The molecule has 0 bridgehead atoms. The smallest absolute Gasteiger partial charge is 0.155 e. The van der Waals surface area contributed by atoms with E-state index in [-0.39, 0.29) is 0 Å². The molecule has 1 aliphatic rings. The minimum absolute atomic E-state index is 0.310. The Kier molecular flexibility index (Phi) is 4.41. The summed E-state index contributed by atoms with van der Waals surface area (Å²) in [4.78, 5) is 19.2. The lowest BCUT2D eigenvalue weighted by molar-refractivity contribution is 0.504. The number of fused-ring (bicyclic) bond motifs is 1. The third-order valence-corrected chi connectivity index (χ3v) is 5.68. The van der Waals surface area contributed by atoms with Crippen LogP contribution in [0.15, 0.2) is 61.2 Å². The summed E-state index contributed by atoms with van der Waals surface area (Å²) in [5, 5.41) is 9.62. The number of benzene rings is 2. The van der Waals surface area contributed by atoms with Crippen LogP contribution in [0.25, 0.3) is 22.3 Å². The van der Waals surface area contributed by atoms with Gasteiger partial charge in [0.05, 0.1) is 29.0 Å². The highest BCUT2D eigenvalue weighted by molar-refractivity contribution is 5.81.